The summed E-state index contributed by atoms with van der Waals surface area (Å²) in [5.41, 5.74) is 0.209. The molecule has 0 radical (unpaired) electrons. The number of aromatic nitrogens is 2. The predicted molar refractivity (Wildman–Crippen MR) is 92.0 cm³/mol. The van der Waals surface area contributed by atoms with E-state index in [1.165, 1.54) is 0 Å². The lowest BCUT2D eigenvalue weighted by atomic mass is 9.96. The summed E-state index contributed by atoms with van der Waals surface area (Å²) in [4.78, 5) is 14.2. The molecule has 1 saturated heterocycles. The van der Waals surface area contributed by atoms with Crippen LogP contribution in [-0.4, -0.2) is 46.6 Å². The Bertz CT molecular complexity index is 494. The van der Waals surface area contributed by atoms with Crippen LogP contribution in [0, 0.1) is 0 Å². The van der Waals surface area contributed by atoms with Crippen molar-refractivity contribution >= 4 is 21.7 Å². The first-order chi connectivity index (χ1) is 9.57. The molecule has 1 aliphatic heterocycles. The topological polar surface area (TPSA) is 32.3 Å². The highest BCUT2D eigenvalue weighted by Gasteiger charge is 2.27. The van der Waals surface area contributed by atoms with E-state index in [1.807, 2.05) is 6.07 Å². The van der Waals surface area contributed by atoms with Crippen LogP contribution < -0.4 is 4.90 Å². The van der Waals surface area contributed by atoms with Gasteiger partial charge >= 0.3 is 0 Å². The van der Waals surface area contributed by atoms with Crippen molar-refractivity contribution in [3.63, 3.8) is 0 Å². The fourth-order valence-electron chi connectivity index (χ4n) is 2.51. The van der Waals surface area contributed by atoms with Crippen LogP contribution in [0.3, 0.4) is 0 Å². The van der Waals surface area contributed by atoms with Crippen LogP contribution in [0.25, 0.3) is 0 Å². The van der Waals surface area contributed by atoms with Crippen LogP contribution in [-0.2, 0) is 5.41 Å². The van der Waals surface area contributed by atoms with Gasteiger partial charge in [-0.2, -0.15) is 0 Å². The van der Waals surface area contributed by atoms with E-state index in [4.69, 9.17) is 4.98 Å². The van der Waals surface area contributed by atoms with Crippen molar-refractivity contribution in [2.24, 2.45) is 0 Å². The van der Waals surface area contributed by atoms with Gasteiger partial charge in [-0.1, -0.05) is 20.8 Å². The Labute approximate surface area is 137 Å². The Kier molecular flexibility index (Phi) is 4.64. The predicted octanol–water partition coefficient (Wildman–Crippen LogP) is 3.46. The molecule has 2 heterocycles. The Balaban J connectivity index is 2.16. The normalized spacial score (nSPS) is 18.1. The summed E-state index contributed by atoms with van der Waals surface area (Å²) < 4.78 is 0.871. The fourth-order valence-corrected chi connectivity index (χ4v) is 2.88. The van der Waals surface area contributed by atoms with Gasteiger partial charge < -0.3 is 4.90 Å². The summed E-state index contributed by atoms with van der Waals surface area (Å²) in [6.07, 6.45) is 0. The van der Waals surface area contributed by atoms with Gasteiger partial charge in [-0.05, 0) is 36.7 Å². The molecule has 1 aromatic rings. The lowest BCUT2D eigenvalue weighted by Crippen LogP contribution is -2.53. The first kappa shape index (κ1) is 16.7. The van der Waals surface area contributed by atoms with Gasteiger partial charge in [-0.3, -0.25) is 4.90 Å². The van der Waals surface area contributed by atoms with E-state index in [0.29, 0.717) is 0 Å². The SMILES string of the molecule is CC(C)(C)c1nc(Br)cc(N2CCN(C(C)(C)C)CC2)n1. The lowest BCUT2D eigenvalue weighted by Gasteiger charge is -2.42. The quantitative estimate of drug-likeness (QED) is 0.723. The molecule has 0 amide bonds. The minimum atomic E-state index is -0.0360. The highest BCUT2D eigenvalue weighted by Crippen LogP contribution is 2.25. The molecule has 0 atom stereocenters. The van der Waals surface area contributed by atoms with E-state index < -0.39 is 0 Å². The van der Waals surface area contributed by atoms with Crippen LogP contribution in [0.4, 0.5) is 5.82 Å². The molecule has 1 aliphatic rings. The summed E-state index contributed by atoms with van der Waals surface area (Å²) in [5.74, 6) is 1.93. The number of piperazine rings is 1. The van der Waals surface area contributed by atoms with Crippen molar-refractivity contribution in [2.45, 2.75) is 52.5 Å². The van der Waals surface area contributed by atoms with Crippen molar-refractivity contribution in [1.29, 1.82) is 0 Å². The number of nitrogens with zero attached hydrogens (tertiary/aromatic N) is 4. The minimum absolute atomic E-state index is 0.0360. The van der Waals surface area contributed by atoms with Crippen LogP contribution >= 0.6 is 15.9 Å². The molecular formula is C16H27BrN4. The van der Waals surface area contributed by atoms with Crippen molar-refractivity contribution in [3.8, 4) is 0 Å². The summed E-state index contributed by atoms with van der Waals surface area (Å²) in [6, 6.07) is 2.03. The highest BCUT2D eigenvalue weighted by atomic mass is 79.9. The number of hydrogen-bond donors (Lipinski definition) is 0. The maximum Gasteiger partial charge on any atom is 0.137 e. The Morgan fingerprint density at radius 1 is 0.952 bits per heavy atom. The van der Waals surface area contributed by atoms with Crippen LogP contribution in [0.15, 0.2) is 10.7 Å². The second-order valence-corrected chi connectivity index (χ2v) is 8.58. The van der Waals surface area contributed by atoms with E-state index in [2.05, 4.69) is 72.3 Å². The third-order valence-corrected chi connectivity index (χ3v) is 4.31. The second-order valence-electron chi connectivity index (χ2n) is 7.77. The van der Waals surface area contributed by atoms with Gasteiger partial charge in [0.25, 0.3) is 0 Å². The van der Waals surface area contributed by atoms with E-state index in [1.54, 1.807) is 0 Å². The molecule has 0 unspecified atom stereocenters. The molecule has 0 aromatic carbocycles. The molecule has 21 heavy (non-hydrogen) atoms. The van der Waals surface area contributed by atoms with Gasteiger partial charge in [-0.15, -0.1) is 0 Å². The first-order valence-electron chi connectivity index (χ1n) is 7.62. The molecule has 0 spiro atoms. The molecule has 5 heteroatoms. The molecule has 0 N–H and O–H groups in total. The van der Waals surface area contributed by atoms with E-state index >= 15 is 0 Å². The Hall–Kier alpha value is -0.680. The van der Waals surface area contributed by atoms with E-state index in [9.17, 15) is 0 Å². The zero-order valence-electron chi connectivity index (χ0n) is 14.1. The molecule has 4 nitrogen and oxygen atoms in total. The average Bonchev–Trinajstić information content (AvgIpc) is 2.36. The number of hydrogen-bond acceptors (Lipinski definition) is 4. The first-order valence-corrected chi connectivity index (χ1v) is 8.42. The standard InChI is InChI=1S/C16H27BrN4/c1-15(2,3)14-18-12(17)11-13(19-14)20-7-9-21(10-8-20)16(4,5)6/h11H,7-10H2,1-6H3. The molecule has 0 bridgehead atoms. The highest BCUT2D eigenvalue weighted by molar-refractivity contribution is 9.10. The van der Waals surface area contributed by atoms with Crippen molar-refractivity contribution in [3.05, 3.63) is 16.5 Å². The van der Waals surface area contributed by atoms with Crippen molar-refractivity contribution < 1.29 is 0 Å². The van der Waals surface area contributed by atoms with Gasteiger partial charge in [0.15, 0.2) is 0 Å². The number of halogens is 1. The number of rotatable bonds is 1. The van der Waals surface area contributed by atoms with Gasteiger partial charge in [0.2, 0.25) is 0 Å². The van der Waals surface area contributed by atoms with Crippen molar-refractivity contribution in [2.75, 3.05) is 31.1 Å². The summed E-state index contributed by atoms with van der Waals surface area (Å²) in [5, 5.41) is 0. The van der Waals surface area contributed by atoms with Crippen LogP contribution in [0.2, 0.25) is 0 Å². The molecule has 1 fully saturated rings. The monoisotopic (exact) mass is 354 g/mol. The fraction of sp³-hybridized carbons (Fsp3) is 0.750. The largest absolute Gasteiger partial charge is 0.354 e. The Morgan fingerprint density at radius 3 is 2.00 bits per heavy atom. The summed E-state index contributed by atoms with van der Waals surface area (Å²) in [6.45, 7) is 17.5. The van der Waals surface area contributed by atoms with E-state index in [-0.39, 0.29) is 11.0 Å². The molecule has 0 aliphatic carbocycles. The van der Waals surface area contributed by atoms with Crippen molar-refractivity contribution in [1.82, 2.24) is 14.9 Å². The molecule has 2 rings (SSSR count). The Morgan fingerprint density at radius 2 is 1.52 bits per heavy atom. The minimum Gasteiger partial charge on any atom is -0.354 e. The average molecular weight is 355 g/mol. The van der Waals surface area contributed by atoms with Gasteiger partial charge in [-0.25, -0.2) is 9.97 Å². The second kappa shape index (κ2) is 5.84. The van der Waals surface area contributed by atoms with Gasteiger partial charge in [0.1, 0.15) is 16.2 Å². The summed E-state index contributed by atoms with van der Waals surface area (Å²) >= 11 is 3.53. The molecule has 0 saturated carbocycles. The smallest absolute Gasteiger partial charge is 0.137 e. The summed E-state index contributed by atoms with van der Waals surface area (Å²) in [7, 11) is 0. The van der Waals surface area contributed by atoms with Gasteiger partial charge in [0, 0.05) is 43.2 Å². The molecule has 1 aromatic heterocycles. The number of anilines is 1. The van der Waals surface area contributed by atoms with Crippen LogP contribution in [0.5, 0.6) is 0 Å². The third kappa shape index (κ3) is 4.16. The third-order valence-electron chi connectivity index (χ3n) is 3.90. The van der Waals surface area contributed by atoms with E-state index in [0.717, 1.165) is 42.4 Å². The maximum atomic E-state index is 4.78. The zero-order chi connectivity index (χ0) is 15.8. The lowest BCUT2D eigenvalue weighted by molar-refractivity contribution is 0.128. The molecular weight excluding hydrogens is 328 g/mol. The van der Waals surface area contributed by atoms with Crippen LogP contribution in [0.1, 0.15) is 47.4 Å². The maximum absolute atomic E-state index is 4.78. The zero-order valence-corrected chi connectivity index (χ0v) is 15.7. The molecule has 118 valence electrons. The van der Waals surface area contributed by atoms with Gasteiger partial charge in [0.05, 0.1) is 0 Å².